The van der Waals surface area contributed by atoms with Crippen LogP contribution in [0.5, 0.6) is 0 Å². The van der Waals surface area contributed by atoms with Crippen molar-refractivity contribution >= 4 is 39.0 Å². The summed E-state index contributed by atoms with van der Waals surface area (Å²) in [5.74, 6) is 1.76. The van der Waals surface area contributed by atoms with Crippen LogP contribution in [0, 0.1) is 0 Å². The zero-order valence-corrected chi connectivity index (χ0v) is 30.3. The van der Waals surface area contributed by atoms with Crippen LogP contribution in [0.4, 0.5) is 17.1 Å². The topological polar surface area (TPSA) is 55.1 Å². The Bertz CT molecular complexity index is 2820. The lowest BCUT2D eigenvalue weighted by molar-refractivity contribution is 0.669. The van der Waals surface area contributed by atoms with Gasteiger partial charge in [0.2, 0.25) is 0 Å². The summed E-state index contributed by atoms with van der Waals surface area (Å²) in [4.78, 5) is 17.7. The minimum atomic E-state index is 0.562. The molecule has 0 radical (unpaired) electrons. The van der Waals surface area contributed by atoms with E-state index < -0.39 is 0 Å². The van der Waals surface area contributed by atoms with Gasteiger partial charge in [0.15, 0.2) is 17.5 Å². The lowest BCUT2D eigenvalue weighted by atomic mass is 10.0. The van der Waals surface area contributed by atoms with Crippen LogP contribution in [-0.2, 0) is 0 Å². The van der Waals surface area contributed by atoms with Crippen molar-refractivity contribution < 1.29 is 4.42 Å². The number of furan rings is 1. The molecule has 0 atom stereocenters. The van der Waals surface area contributed by atoms with Gasteiger partial charge in [0.05, 0.1) is 5.69 Å². The van der Waals surface area contributed by atoms with E-state index in [4.69, 9.17) is 19.4 Å². The zero-order valence-electron chi connectivity index (χ0n) is 30.3. The quantitative estimate of drug-likeness (QED) is 0.157. The van der Waals surface area contributed by atoms with Crippen molar-refractivity contribution in [3.05, 3.63) is 206 Å². The van der Waals surface area contributed by atoms with E-state index in [-0.39, 0.29) is 0 Å². The summed E-state index contributed by atoms with van der Waals surface area (Å²) in [6.45, 7) is 0. The van der Waals surface area contributed by atoms with E-state index in [1.165, 1.54) is 0 Å². The van der Waals surface area contributed by atoms with E-state index in [0.29, 0.717) is 17.5 Å². The lowest BCUT2D eigenvalue weighted by Gasteiger charge is -2.27. The van der Waals surface area contributed by atoms with Crippen LogP contribution >= 0.6 is 0 Å². The van der Waals surface area contributed by atoms with E-state index in [9.17, 15) is 0 Å². The van der Waals surface area contributed by atoms with E-state index in [2.05, 4.69) is 120 Å². The van der Waals surface area contributed by atoms with Crippen molar-refractivity contribution in [1.82, 2.24) is 15.0 Å². The Hall–Kier alpha value is -7.63. The summed E-state index contributed by atoms with van der Waals surface area (Å²) in [5, 5.41) is 1.94. The van der Waals surface area contributed by atoms with Gasteiger partial charge in [-0.15, -0.1) is 0 Å². The highest BCUT2D eigenvalue weighted by molar-refractivity contribution is 6.13. The van der Waals surface area contributed by atoms with Gasteiger partial charge < -0.3 is 9.32 Å². The molecular formula is C51H34N4O. The van der Waals surface area contributed by atoms with E-state index in [1.807, 2.05) is 91.0 Å². The molecule has 0 aliphatic heterocycles. The van der Waals surface area contributed by atoms with E-state index in [1.54, 1.807) is 0 Å². The molecule has 5 nitrogen and oxygen atoms in total. The van der Waals surface area contributed by atoms with Crippen molar-refractivity contribution in [2.45, 2.75) is 0 Å². The van der Waals surface area contributed by atoms with E-state index in [0.717, 1.165) is 77.9 Å². The second-order valence-corrected chi connectivity index (χ2v) is 13.7. The summed E-state index contributed by atoms with van der Waals surface area (Å²) >= 11 is 0. The fourth-order valence-electron chi connectivity index (χ4n) is 7.43. The van der Waals surface area contributed by atoms with Crippen LogP contribution in [-0.4, -0.2) is 15.0 Å². The number of rotatable bonds is 8. The predicted molar refractivity (Wildman–Crippen MR) is 229 cm³/mol. The number of hydrogen-bond acceptors (Lipinski definition) is 5. The van der Waals surface area contributed by atoms with Crippen LogP contribution in [0.3, 0.4) is 0 Å². The average molecular weight is 719 g/mol. The molecular weight excluding hydrogens is 685 g/mol. The largest absolute Gasteiger partial charge is 0.456 e. The molecule has 0 aliphatic carbocycles. The van der Waals surface area contributed by atoms with Gasteiger partial charge in [0.25, 0.3) is 0 Å². The maximum Gasteiger partial charge on any atom is 0.164 e. The Morgan fingerprint density at radius 2 is 0.768 bits per heavy atom. The molecule has 2 aromatic heterocycles. The molecule has 0 N–H and O–H groups in total. The zero-order chi connectivity index (χ0) is 37.3. The molecule has 0 saturated carbocycles. The second-order valence-electron chi connectivity index (χ2n) is 13.7. The van der Waals surface area contributed by atoms with Crippen LogP contribution in [0.15, 0.2) is 211 Å². The highest BCUT2D eigenvalue weighted by Gasteiger charge is 2.23. The van der Waals surface area contributed by atoms with Crippen LogP contribution in [0.2, 0.25) is 0 Å². The Morgan fingerprint density at radius 3 is 1.30 bits per heavy atom. The fourth-order valence-corrected chi connectivity index (χ4v) is 7.43. The van der Waals surface area contributed by atoms with Gasteiger partial charge in [-0.2, -0.15) is 0 Å². The number of nitrogens with zero attached hydrogens (tertiary/aromatic N) is 4. The van der Waals surface area contributed by atoms with Crippen LogP contribution < -0.4 is 4.90 Å². The van der Waals surface area contributed by atoms with Gasteiger partial charge in [-0.25, -0.2) is 15.0 Å². The minimum absolute atomic E-state index is 0.562. The molecule has 56 heavy (non-hydrogen) atoms. The van der Waals surface area contributed by atoms with Crippen molar-refractivity contribution in [2.24, 2.45) is 0 Å². The average Bonchev–Trinajstić information content (AvgIpc) is 3.66. The minimum Gasteiger partial charge on any atom is -0.456 e. The van der Waals surface area contributed by atoms with Crippen molar-refractivity contribution in [3.63, 3.8) is 0 Å². The summed E-state index contributed by atoms with van der Waals surface area (Å²) < 4.78 is 6.70. The predicted octanol–water partition coefficient (Wildman–Crippen LogP) is 13.6. The first-order valence-corrected chi connectivity index (χ1v) is 18.7. The second kappa shape index (κ2) is 14.3. The lowest BCUT2D eigenvalue weighted by Crippen LogP contribution is -2.11. The fraction of sp³-hybridized carbons (Fsp3) is 0. The molecule has 0 aliphatic rings. The number of para-hydroxylation sites is 1. The first-order valence-electron chi connectivity index (χ1n) is 18.7. The molecule has 2 heterocycles. The third-order valence-corrected chi connectivity index (χ3v) is 10.1. The first-order chi connectivity index (χ1) is 27.7. The van der Waals surface area contributed by atoms with Crippen molar-refractivity contribution in [2.75, 3.05) is 4.90 Å². The molecule has 0 amide bonds. The monoisotopic (exact) mass is 718 g/mol. The highest BCUT2D eigenvalue weighted by Crippen LogP contribution is 2.44. The van der Waals surface area contributed by atoms with Crippen LogP contribution in [0.1, 0.15) is 0 Å². The Balaban J connectivity index is 1.25. The maximum absolute atomic E-state index is 6.70. The van der Waals surface area contributed by atoms with Gasteiger partial charge in [-0.1, -0.05) is 164 Å². The highest BCUT2D eigenvalue weighted by atomic mass is 16.3. The van der Waals surface area contributed by atoms with Gasteiger partial charge in [-0.3, -0.25) is 0 Å². The molecule has 5 heteroatoms. The number of fused-ring (bicyclic) bond motifs is 3. The van der Waals surface area contributed by atoms with Gasteiger partial charge in [0.1, 0.15) is 11.2 Å². The molecule has 0 spiro atoms. The third-order valence-electron chi connectivity index (χ3n) is 10.1. The van der Waals surface area contributed by atoms with Gasteiger partial charge in [0, 0.05) is 44.9 Å². The van der Waals surface area contributed by atoms with Gasteiger partial charge in [-0.05, 0) is 58.7 Å². The molecule has 0 unspecified atom stereocenters. The van der Waals surface area contributed by atoms with E-state index >= 15 is 0 Å². The molecule has 0 bridgehead atoms. The normalized spacial score (nSPS) is 11.2. The number of hydrogen-bond donors (Lipinski definition) is 0. The molecule has 10 rings (SSSR count). The SMILES string of the molecule is c1ccc(-c2cccc(N(c3cccc(-c4ccccc4)c3)c3cc(-c4nc(-c5ccccc5)nc(-c5ccccc5)n4)c4c(c3)oc3ccccc34)c2)cc1. The molecule has 264 valence electrons. The Labute approximate surface area is 324 Å². The summed E-state index contributed by atoms with van der Waals surface area (Å²) in [6.07, 6.45) is 0. The molecule has 10 aromatic rings. The Kier molecular flexibility index (Phi) is 8.43. The molecule has 0 saturated heterocycles. The standard InChI is InChI=1S/C51H34N4O/c1-5-17-35(18-6-1)39-25-15-27-41(31-39)55(42-28-16-26-40(32-42)36-19-7-2-8-20-36)43-33-45(48-44-29-13-14-30-46(44)56-47(48)34-43)51-53-49(37-21-9-3-10-22-37)52-50(54-51)38-23-11-4-12-24-38/h1-34H. The molecule has 0 fully saturated rings. The Morgan fingerprint density at radius 1 is 0.321 bits per heavy atom. The first kappa shape index (κ1) is 33.0. The third kappa shape index (κ3) is 6.27. The molecule has 8 aromatic carbocycles. The van der Waals surface area contributed by atoms with Gasteiger partial charge >= 0.3 is 0 Å². The van der Waals surface area contributed by atoms with Crippen LogP contribution in [0.25, 0.3) is 78.4 Å². The summed E-state index contributed by atoms with van der Waals surface area (Å²) in [7, 11) is 0. The van der Waals surface area contributed by atoms with Crippen molar-refractivity contribution in [1.29, 1.82) is 0 Å². The maximum atomic E-state index is 6.70. The van der Waals surface area contributed by atoms with Crippen molar-refractivity contribution in [3.8, 4) is 56.4 Å². The summed E-state index contributed by atoms with van der Waals surface area (Å²) in [5.41, 5.74) is 11.7. The number of aromatic nitrogens is 3. The number of benzene rings is 8. The smallest absolute Gasteiger partial charge is 0.164 e. The summed E-state index contributed by atoms with van der Waals surface area (Å²) in [6, 6.07) is 71.1. The number of anilines is 3.